The van der Waals surface area contributed by atoms with Crippen molar-refractivity contribution in [2.75, 3.05) is 0 Å². The molecule has 4 N–H and O–H groups in total. The first kappa shape index (κ1) is 25.7. The number of aromatic nitrogens is 2. The van der Waals surface area contributed by atoms with Gasteiger partial charge in [-0.3, -0.25) is 19.6 Å². The van der Waals surface area contributed by atoms with Gasteiger partial charge in [0.25, 0.3) is 11.1 Å². The summed E-state index contributed by atoms with van der Waals surface area (Å²) in [7, 11) is 1.79. The van der Waals surface area contributed by atoms with Crippen LogP contribution in [-0.4, -0.2) is 20.2 Å². The Kier molecular flexibility index (Phi) is 7.62. The average molecular weight is 644 g/mol. The second-order valence-corrected chi connectivity index (χ2v) is 11.1. The Labute approximate surface area is 228 Å². The molecule has 0 saturated carbocycles. The summed E-state index contributed by atoms with van der Waals surface area (Å²) < 4.78 is 1.56. The number of H-pyrrole nitrogens is 2. The number of rotatable bonds is 5. The number of nitrogens with one attached hydrogen (secondary N) is 2. The third-order valence-corrected chi connectivity index (χ3v) is 8.50. The van der Waals surface area contributed by atoms with Gasteiger partial charge in [-0.2, -0.15) is 10.5 Å². The van der Waals surface area contributed by atoms with Crippen LogP contribution in [0.15, 0.2) is 76.9 Å². The van der Waals surface area contributed by atoms with Gasteiger partial charge in [0.1, 0.15) is 23.3 Å². The van der Waals surface area contributed by atoms with Gasteiger partial charge in [-0.25, -0.2) is 0 Å². The van der Waals surface area contributed by atoms with Crippen molar-refractivity contribution in [3.8, 4) is 46.2 Å². The molecule has 4 aromatic rings. The van der Waals surface area contributed by atoms with Gasteiger partial charge in [0.05, 0.1) is 9.79 Å². The van der Waals surface area contributed by atoms with E-state index >= 15 is 0 Å². The van der Waals surface area contributed by atoms with Crippen LogP contribution in [0.5, 0.6) is 11.8 Å². The number of halogens is 2. The topological polar surface area (TPSA) is 154 Å². The van der Waals surface area contributed by atoms with Crippen molar-refractivity contribution >= 4 is 53.4 Å². The zero-order valence-corrected chi connectivity index (χ0v) is 22.6. The molecule has 2 aromatic heterocycles. The molecule has 0 spiro atoms. The molecule has 0 aliphatic rings. The zero-order valence-electron chi connectivity index (χ0n) is 17.8. The van der Waals surface area contributed by atoms with Crippen LogP contribution in [-0.2, 0) is 0 Å². The Hall–Kier alpha value is -3.42. The minimum Gasteiger partial charge on any atom is -0.494 e. The smallest absolute Gasteiger partial charge is 0.265 e. The monoisotopic (exact) mass is 642 g/mol. The van der Waals surface area contributed by atoms with Crippen LogP contribution in [0.25, 0.3) is 22.3 Å². The number of pyridine rings is 2. The molecule has 0 radical (unpaired) electrons. The van der Waals surface area contributed by atoms with Gasteiger partial charge >= 0.3 is 0 Å². The van der Waals surface area contributed by atoms with Gasteiger partial charge in [0, 0.05) is 20.1 Å². The molecule has 2 heterocycles. The predicted octanol–water partition coefficient (Wildman–Crippen LogP) is 5.88. The third kappa shape index (κ3) is 4.94. The molecule has 36 heavy (non-hydrogen) atoms. The average Bonchev–Trinajstić information content (AvgIpc) is 2.85. The fourth-order valence-electron chi connectivity index (χ4n) is 3.39. The van der Waals surface area contributed by atoms with E-state index in [1.807, 2.05) is 12.1 Å². The van der Waals surface area contributed by atoms with Gasteiger partial charge in [0.15, 0.2) is 0 Å². The molecule has 4 rings (SSSR count). The lowest BCUT2D eigenvalue weighted by Crippen LogP contribution is -2.13. The van der Waals surface area contributed by atoms with Crippen molar-refractivity contribution in [3.05, 3.63) is 89.3 Å². The van der Waals surface area contributed by atoms with Crippen LogP contribution in [0.2, 0.25) is 0 Å². The zero-order chi connectivity index (χ0) is 26.0. The molecule has 2 aromatic carbocycles. The Morgan fingerprint density at radius 2 is 1.00 bits per heavy atom. The third-order valence-electron chi connectivity index (χ3n) is 5.00. The quantitative estimate of drug-likeness (QED) is 0.197. The molecule has 0 aliphatic heterocycles. The number of aromatic hydroxyl groups is 2. The van der Waals surface area contributed by atoms with E-state index < -0.39 is 22.9 Å². The standard InChI is InChI=1S/C24H12Br2N4O4S2/c25-13-5-1-11(2-6-13)17-15(9-27)21(31)29-23(33)19(17)35-36-20-18(12-3-7-14(26)8-4-12)16(10-28)22(32)30-24(20)34/h1-8H,(H2,29,31,33)(H2,30,32,34). The van der Waals surface area contributed by atoms with Crippen molar-refractivity contribution in [3.63, 3.8) is 0 Å². The summed E-state index contributed by atoms with van der Waals surface area (Å²) in [5.41, 5.74) is -0.189. The van der Waals surface area contributed by atoms with Crippen LogP contribution >= 0.6 is 53.4 Å². The van der Waals surface area contributed by atoms with E-state index in [1.54, 1.807) is 48.5 Å². The van der Waals surface area contributed by atoms with Crippen molar-refractivity contribution in [2.24, 2.45) is 0 Å². The van der Waals surface area contributed by atoms with Crippen molar-refractivity contribution in [2.45, 2.75) is 9.79 Å². The number of benzene rings is 2. The van der Waals surface area contributed by atoms with Gasteiger partial charge in [-0.1, -0.05) is 56.1 Å². The van der Waals surface area contributed by atoms with Gasteiger partial charge in [-0.15, -0.1) is 0 Å². The first-order chi connectivity index (χ1) is 17.2. The van der Waals surface area contributed by atoms with Crippen LogP contribution in [0.4, 0.5) is 0 Å². The van der Waals surface area contributed by atoms with Gasteiger partial charge in [-0.05, 0) is 57.0 Å². The fourth-order valence-corrected chi connectivity index (χ4v) is 6.40. The molecule has 0 saturated heterocycles. The molecule has 12 heteroatoms. The second kappa shape index (κ2) is 10.7. The summed E-state index contributed by atoms with van der Waals surface area (Å²) in [5, 5.41) is 39.8. The maximum Gasteiger partial charge on any atom is 0.265 e. The van der Waals surface area contributed by atoms with E-state index in [0.717, 1.165) is 30.5 Å². The maximum absolute atomic E-state index is 12.9. The summed E-state index contributed by atoms with van der Waals surface area (Å²) in [6.45, 7) is 0. The SMILES string of the molecule is N#Cc1c(O)[nH]c(=O)c(SSc2c(-c3ccc(Br)cc3)c(C#N)c(O)[nH]c2=O)c1-c1ccc(Br)cc1. The minimum absolute atomic E-state index is 0.0735. The van der Waals surface area contributed by atoms with Crippen LogP contribution in [0.3, 0.4) is 0 Å². The van der Waals surface area contributed by atoms with Crippen LogP contribution < -0.4 is 11.1 Å². The lowest BCUT2D eigenvalue weighted by molar-refractivity contribution is 0.448. The Balaban J connectivity index is 1.90. The largest absolute Gasteiger partial charge is 0.494 e. The highest BCUT2D eigenvalue weighted by atomic mass is 79.9. The normalized spacial score (nSPS) is 10.6. The Morgan fingerprint density at radius 3 is 1.31 bits per heavy atom. The number of aromatic amines is 2. The summed E-state index contributed by atoms with van der Waals surface area (Å²) in [4.78, 5) is 30.5. The number of nitrogens with zero attached hydrogens (tertiary/aromatic N) is 2. The summed E-state index contributed by atoms with van der Waals surface area (Å²) in [6.07, 6.45) is 0. The number of nitriles is 2. The lowest BCUT2D eigenvalue weighted by Gasteiger charge is -2.14. The minimum atomic E-state index is -0.664. The number of hydrogen-bond acceptors (Lipinski definition) is 8. The molecule has 0 fully saturated rings. The fraction of sp³-hybridized carbons (Fsp3) is 0. The Morgan fingerprint density at radius 1 is 0.667 bits per heavy atom. The van der Waals surface area contributed by atoms with E-state index in [1.165, 1.54) is 0 Å². The van der Waals surface area contributed by atoms with E-state index in [9.17, 15) is 30.3 Å². The molecule has 8 nitrogen and oxygen atoms in total. The maximum atomic E-state index is 12.9. The van der Waals surface area contributed by atoms with E-state index in [-0.39, 0.29) is 32.0 Å². The predicted molar refractivity (Wildman–Crippen MR) is 145 cm³/mol. The highest BCUT2D eigenvalue weighted by Gasteiger charge is 2.24. The summed E-state index contributed by atoms with van der Waals surface area (Å²) in [6, 6.07) is 17.5. The highest BCUT2D eigenvalue weighted by molar-refractivity contribution is 9.10. The molecule has 0 aliphatic carbocycles. The van der Waals surface area contributed by atoms with Crippen LogP contribution in [0, 0.1) is 22.7 Å². The van der Waals surface area contributed by atoms with Gasteiger partial charge in [0.2, 0.25) is 11.8 Å². The molecule has 0 amide bonds. The number of hydrogen-bond donors (Lipinski definition) is 4. The summed E-state index contributed by atoms with van der Waals surface area (Å²) in [5.74, 6) is -1.14. The van der Waals surface area contributed by atoms with Crippen molar-refractivity contribution in [1.82, 2.24) is 9.97 Å². The first-order valence-electron chi connectivity index (χ1n) is 9.90. The molecule has 178 valence electrons. The lowest BCUT2D eigenvalue weighted by atomic mass is 10.0. The molecular formula is C24H12Br2N4O4S2. The van der Waals surface area contributed by atoms with Crippen molar-refractivity contribution in [1.29, 1.82) is 10.5 Å². The summed E-state index contributed by atoms with van der Waals surface area (Å²) >= 11 is 6.69. The molecule has 0 bridgehead atoms. The molecular weight excluding hydrogens is 632 g/mol. The van der Waals surface area contributed by atoms with E-state index in [4.69, 9.17) is 0 Å². The van der Waals surface area contributed by atoms with Crippen molar-refractivity contribution < 1.29 is 10.2 Å². The highest BCUT2D eigenvalue weighted by Crippen LogP contribution is 2.45. The van der Waals surface area contributed by atoms with E-state index in [0.29, 0.717) is 11.1 Å². The van der Waals surface area contributed by atoms with Crippen LogP contribution in [0.1, 0.15) is 11.1 Å². The Bertz CT molecular complexity index is 1560. The first-order valence-corrected chi connectivity index (χ1v) is 13.6. The molecule has 0 atom stereocenters. The molecule has 0 unspecified atom stereocenters. The van der Waals surface area contributed by atoms with Gasteiger partial charge < -0.3 is 10.2 Å². The second-order valence-electron chi connectivity index (χ2n) is 7.17. The van der Waals surface area contributed by atoms with E-state index in [2.05, 4.69) is 41.8 Å².